The van der Waals surface area contributed by atoms with Gasteiger partial charge < -0.3 is 21.1 Å². The van der Waals surface area contributed by atoms with Crippen molar-refractivity contribution in [2.45, 2.75) is 18.9 Å². The number of carboxylic acid groups (broad SMARTS) is 1. The fourth-order valence-electron chi connectivity index (χ4n) is 1.47. The number of aliphatic carboxylic acids is 1. The van der Waals surface area contributed by atoms with Gasteiger partial charge in [-0.3, -0.25) is 4.79 Å². The molecule has 17 heavy (non-hydrogen) atoms. The van der Waals surface area contributed by atoms with Gasteiger partial charge in [0.15, 0.2) is 0 Å². The first-order chi connectivity index (χ1) is 8.00. The van der Waals surface area contributed by atoms with Crippen LogP contribution in [0, 0.1) is 0 Å². The van der Waals surface area contributed by atoms with Crippen molar-refractivity contribution < 1.29 is 19.5 Å². The van der Waals surface area contributed by atoms with E-state index in [4.69, 9.17) is 10.8 Å². The smallest absolute Gasteiger partial charge is 0.326 e. The van der Waals surface area contributed by atoms with E-state index in [0.717, 1.165) is 6.42 Å². The Kier molecular flexibility index (Phi) is 4.50. The van der Waals surface area contributed by atoms with Crippen LogP contribution in [0.5, 0.6) is 0 Å². The first-order valence-corrected chi connectivity index (χ1v) is 5.22. The number of nitrogens with two attached hydrogens (primary N) is 1. The minimum Gasteiger partial charge on any atom is -0.480 e. The molecule has 94 valence electrons. The zero-order chi connectivity index (χ0) is 12.8. The predicted octanol–water partition coefficient (Wildman–Crippen LogP) is -0.713. The second-order valence-electron chi connectivity index (χ2n) is 3.72. The molecule has 3 amide bonds. The molecule has 0 saturated carbocycles. The molecule has 0 aromatic carbocycles. The van der Waals surface area contributed by atoms with Gasteiger partial charge in [-0.2, -0.15) is 0 Å². The van der Waals surface area contributed by atoms with Crippen molar-refractivity contribution in [2.24, 2.45) is 5.73 Å². The molecular formula is C10H15N3O4. The lowest BCUT2D eigenvalue weighted by atomic mass is 10.2. The summed E-state index contributed by atoms with van der Waals surface area (Å²) >= 11 is 0. The topological polar surface area (TPSA) is 113 Å². The van der Waals surface area contributed by atoms with Gasteiger partial charge in [-0.1, -0.05) is 12.2 Å². The van der Waals surface area contributed by atoms with Crippen LogP contribution < -0.4 is 11.1 Å². The van der Waals surface area contributed by atoms with Crippen molar-refractivity contribution in [2.75, 3.05) is 13.1 Å². The quantitative estimate of drug-likeness (QED) is 0.564. The number of nitrogens with one attached hydrogen (secondary N) is 1. The molecule has 0 unspecified atom stereocenters. The molecule has 0 saturated heterocycles. The Hall–Kier alpha value is -2.05. The highest BCUT2D eigenvalue weighted by atomic mass is 16.4. The average Bonchev–Trinajstić information content (AvgIpc) is 2.28. The molecule has 0 bridgehead atoms. The van der Waals surface area contributed by atoms with Crippen LogP contribution in [0.4, 0.5) is 4.79 Å². The van der Waals surface area contributed by atoms with E-state index in [1.54, 1.807) is 0 Å². The average molecular weight is 241 g/mol. The van der Waals surface area contributed by atoms with Crippen LogP contribution >= 0.6 is 0 Å². The zero-order valence-electron chi connectivity index (χ0n) is 9.26. The summed E-state index contributed by atoms with van der Waals surface area (Å²) in [5.41, 5.74) is 4.91. The van der Waals surface area contributed by atoms with E-state index in [2.05, 4.69) is 5.32 Å². The highest BCUT2D eigenvalue weighted by Crippen LogP contribution is 2.02. The van der Waals surface area contributed by atoms with Crippen LogP contribution in [0.25, 0.3) is 0 Å². The first-order valence-electron chi connectivity index (χ1n) is 5.22. The van der Waals surface area contributed by atoms with Crippen LogP contribution in [0.15, 0.2) is 12.2 Å². The highest BCUT2D eigenvalue weighted by molar-refractivity contribution is 5.87. The fourth-order valence-corrected chi connectivity index (χ4v) is 1.47. The number of carbonyl (C=O) groups is 3. The summed E-state index contributed by atoms with van der Waals surface area (Å²) in [4.78, 5) is 34.6. The largest absolute Gasteiger partial charge is 0.480 e. The number of nitrogens with zero attached hydrogens (tertiary/aromatic N) is 1. The normalized spacial score (nSPS) is 16.4. The summed E-state index contributed by atoms with van der Waals surface area (Å²) < 4.78 is 0. The Bertz CT molecular complexity index is 353. The number of urea groups is 1. The van der Waals surface area contributed by atoms with Gasteiger partial charge in [0.1, 0.15) is 6.04 Å². The minimum absolute atomic E-state index is 0.412. The van der Waals surface area contributed by atoms with Crippen LogP contribution in [0.1, 0.15) is 12.8 Å². The fraction of sp³-hybridized carbons (Fsp3) is 0.500. The van der Waals surface area contributed by atoms with E-state index in [0.29, 0.717) is 13.1 Å². The van der Waals surface area contributed by atoms with Gasteiger partial charge in [-0.25, -0.2) is 9.59 Å². The molecule has 0 radical (unpaired) electrons. The van der Waals surface area contributed by atoms with Gasteiger partial charge in [-0.15, -0.1) is 0 Å². The first kappa shape index (κ1) is 13.0. The predicted molar refractivity (Wildman–Crippen MR) is 59.1 cm³/mol. The van der Waals surface area contributed by atoms with Crippen molar-refractivity contribution in [3.8, 4) is 0 Å². The van der Waals surface area contributed by atoms with Gasteiger partial charge in [-0.05, 0) is 6.42 Å². The number of hydrogen-bond acceptors (Lipinski definition) is 3. The van der Waals surface area contributed by atoms with Gasteiger partial charge in [0.25, 0.3) is 0 Å². The maximum absolute atomic E-state index is 11.7. The van der Waals surface area contributed by atoms with E-state index in [9.17, 15) is 14.4 Å². The number of primary amides is 1. The van der Waals surface area contributed by atoms with Crippen molar-refractivity contribution >= 4 is 17.9 Å². The maximum atomic E-state index is 11.7. The Morgan fingerprint density at radius 2 is 2.12 bits per heavy atom. The van der Waals surface area contributed by atoms with Gasteiger partial charge in [0, 0.05) is 13.1 Å². The van der Waals surface area contributed by atoms with Gasteiger partial charge in [0.05, 0.1) is 6.42 Å². The Balaban J connectivity index is 2.54. The molecule has 1 aliphatic heterocycles. The summed E-state index contributed by atoms with van der Waals surface area (Å²) in [7, 11) is 0. The maximum Gasteiger partial charge on any atom is 0.326 e. The summed E-state index contributed by atoms with van der Waals surface area (Å²) in [6.07, 6.45) is 4.10. The summed E-state index contributed by atoms with van der Waals surface area (Å²) in [6.45, 7) is 0.972. The molecule has 0 spiro atoms. The molecule has 7 nitrogen and oxygen atoms in total. The number of hydrogen-bond donors (Lipinski definition) is 3. The molecule has 0 aliphatic carbocycles. The van der Waals surface area contributed by atoms with E-state index in [1.165, 1.54) is 4.90 Å². The monoisotopic (exact) mass is 241 g/mol. The Morgan fingerprint density at radius 1 is 1.41 bits per heavy atom. The van der Waals surface area contributed by atoms with E-state index >= 15 is 0 Å². The number of carbonyl (C=O) groups excluding carboxylic acids is 2. The lowest BCUT2D eigenvalue weighted by molar-refractivity contribution is -0.140. The van der Waals surface area contributed by atoms with Crippen molar-refractivity contribution in [3.05, 3.63) is 12.2 Å². The van der Waals surface area contributed by atoms with Crippen LogP contribution in [0.3, 0.4) is 0 Å². The molecule has 7 heteroatoms. The van der Waals surface area contributed by atoms with Gasteiger partial charge in [0.2, 0.25) is 5.91 Å². The van der Waals surface area contributed by atoms with Crippen molar-refractivity contribution in [3.63, 3.8) is 0 Å². The second kappa shape index (κ2) is 5.88. The number of carboxylic acids is 1. The molecule has 1 aliphatic rings. The Labute approximate surface area is 98.3 Å². The van der Waals surface area contributed by atoms with Crippen LogP contribution in [-0.2, 0) is 9.59 Å². The minimum atomic E-state index is -1.27. The molecule has 4 N–H and O–H groups in total. The number of amides is 3. The lowest BCUT2D eigenvalue weighted by Gasteiger charge is -2.25. The molecule has 1 heterocycles. The van der Waals surface area contributed by atoms with Crippen LogP contribution in [0.2, 0.25) is 0 Å². The molecule has 0 aromatic heterocycles. The third-order valence-corrected chi connectivity index (χ3v) is 2.35. The third-order valence-electron chi connectivity index (χ3n) is 2.35. The molecule has 0 fully saturated rings. The number of rotatable bonds is 4. The highest BCUT2D eigenvalue weighted by Gasteiger charge is 2.24. The second-order valence-corrected chi connectivity index (χ2v) is 3.72. The standard InChI is InChI=1S/C10H15N3O4/c11-8(14)6-7(9(15)16)12-10(17)13-4-2-1-3-5-13/h1-2,7H,3-6H2,(H2,11,14)(H,12,17)(H,15,16)/t7-/m0/s1. The van der Waals surface area contributed by atoms with Crippen molar-refractivity contribution in [1.29, 1.82) is 0 Å². The van der Waals surface area contributed by atoms with Gasteiger partial charge >= 0.3 is 12.0 Å². The third kappa shape index (κ3) is 4.13. The molecular weight excluding hydrogens is 226 g/mol. The van der Waals surface area contributed by atoms with E-state index in [1.807, 2.05) is 12.2 Å². The SMILES string of the molecule is NC(=O)C[C@H](NC(=O)N1CC=CCC1)C(=O)O. The lowest BCUT2D eigenvalue weighted by Crippen LogP contribution is -2.50. The van der Waals surface area contributed by atoms with Crippen LogP contribution in [-0.4, -0.2) is 47.0 Å². The van der Waals surface area contributed by atoms with Crippen molar-refractivity contribution in [1.82, 2.24) is 10.2 Å². The zero-order valence-corrected chi connectivity index (χ0v) is 9.26. The molecule has 1 atom stereocenters. The van der Waals surface area contributed by atoms with E-state index in [-0.39, 0.29) is 0 Å². The summed E-state index contributed by atoms with van der Waals surface area (Å²) in [5, 5.41) is 11.1. The van der Waals surface area contributed by atoms with E-state index < -0.39 is 30.4 Å². The Morgan fingerprint density at radius 3 is 2.59 bits per heavy atom. The molecule has 0 aromatic rings. The molecule has 1 rings (SSSR count). The summed E-state index contributed by atoms with van der Waals surface area (Å²) in [6, 6.07) is -1.77. The summed E-state index contributed by atoms with van der Waals surface area (Å²) in [5.74, 6) is -2.04.